The maximum Gasteiger partial charge on any atom is 0.416 e. The van der Waals surface area contributed by atoms with Gasteiger partial charge in [0.1, 0.15) is 18.0 Å². The Morgan fingerprint density at radius 3 is 2.48 bits per heavy atom. The molecule has 5 rings (SSSR count). The van der Waals surface area contributed by atoms with Gasteiger partial charge in [-0.05, 0) is 36.4 Å². The van der Waals surface area contributed by atoms with Crippen LogP contribution < -0.4 is 15.9 Å². The topological polar surface area (TPSA) is 123 Å². The van der Waals surface area contributed by atoms with Gasteiger partial charge in [0.05, 0.1) is 13.1 Å². The molecule has 1 aliphatic heterocycles. The summed E-state index contributed by atoms with van der Waals surface area (Å²) in [5.74, 6) is -0.926. The van der Waals surface area contributed by atoms with E-state index in [9.17, 15) is 32.3 Å². The number of nitrogens with zero attached hydrogens (tertiary/aromatic N) is 7. The summed E-state index contributed by atoms with van der Waals surface area (Å²) in [7, 11) is 0. The molecule has 1 atom stereocenters. The number of aromatic nitrogens is 6. The maximum absolute atomic E-state index is 14.7. The summed E-state index contributed by atoms with van der Waals surface area (Å²) in [6.45, 7) is -0.914. The first-order valence-corrected chi connectivity index (χ1v) is 12.3. The molecule has 4 aromatic rings. The zero-order chi connectivity index (χ0) is 28.6. The molecule has 2 aromatic carbocycles. The normalized spacial score (nSPS) is 14.8. The van der Waals surface area contributed by atoms with Crippen molar-refractivity contribution >= 4 is 23.5 Å². The summed E-state index contributed by atoms with van der Waals surface area (Å²) in [6.07, 6.45) is -7.81. The highest BCUT2D eigenvalue weighted by Crippen LogP contribution is 2.25. The van der Waals surface area contributed by atoms with Gasteiger partial charge in [-0.15, -0.1) is 10.2 Å². The Hall–Kier alpha value is -4.24. The summed E-state index contributed by atoms with van der Waals surface area (Å²) in [4.78, 5) is 31.2. The monoisotopic (exact) mass is 580 g/mol. The van der Waals surface area contributed by atoms with Crippen LogP contribution in [0.5, 0.6) is 0 Å². The number of alkyl halides is 3. The van der Waals surface area contributed by atoms with Gasteiger partial charge in [0.15, 0.2) is 17.8 Å². The molecular weight excluding hydrogens is 560 g/mol. The maximum atomic E-state index is 14.7. The average molecular weight is 581 g/mol. The third-order valence-electron chi connectivity index (χ3n) is 6.09. The second kappa shape index (κ2) is 10.7. The number of hydrogen-bond acceptors (Lipinski definition) is 7. The lowest BCUT2D eigenvalue weighted by atomic mass is 10.2. The molecule has 0 aliphatic carbocycles. The summed E-state index contributed by atoms with van der Waals surface area (Å²) < 4.78 is 56.9. The predicted molar refractivity (Wildman–Crippen MR) is 135 cm³/mol. The van der Waals surface area contributed by atoms with Crippen LogP contribution in [0.4, 0.5) is 23.5 Å². The molecule has 1 amide bonds. The number of rotatable bonds is 7. The molecule has 0 spiro atoms. The van der Waals surface area contributed by atoms with Crippen LogP contribution in [-0.2, 0) is 17.9 Å². The molecule has 2 N–H and O–H groups in total. The first-order chi connectivity index (χ1) is 19.0. The second-order valence-corrected chi connectivity index (χ2v) is 9.34. The van der Waals surface area contributed by atoms with Crippen molar-refractivity contribution in [1.29, 1.82) is 0 Å². The van der Waals surface area contributed by atoms with Crippen molar-refractivity contribution in [2.75, 3.05) is 24.5 Å². The molecule has 40 heavy (non-hydrogen) atoms. The second-order valence-electron chi connectivity index (χ2n) is 8.90. The van der Waals surface area contributed by atoms with E-state index < -0.39 is 36.9 Å². The minimum absolute atomic E-state index is 0.0185. The summed E-state index contributed by atoms with van der Waals surface area (Å²) in [5, 5.41) is 21.3. The Morgan fingerprint density at radius 2 is 1.80 bits per heavy atom. The van der Waals surface area contributed by atoms with E-state index >= 15 is 0 Å². The van der Waals surface area contributed by atoms with Gasteiger partial charge < -0.3 is 15.3 Å². The van der Waals surface area contributed by atoms with Crippen molar-refractivity contribution in [3.63, 3.8) is 0 Å². The van der Waals surface area contributed by atoms with Crippen molar-refractivity contribution in [2.24, 2.45) is 0 Å². The van der Waals surface area contributed by atoms with Crippen LogP contribution in [0.3, 0.4) is 0 Å². The van der Waals surface area contributed by atoms with Crippen LogP contribution in [0.1, 0.15) is 5.82 Å². The molecule has 11 nitrogen and oxygen atoms in total. The molecular formula is C24H21ClF4N8O3. The fourth-order valence-electron chi connectivity index (χ4n) is 4.14. The number of carbonyl (C=O) groups is 1. The molecule has 3 heterocycles. The van der Waals surface area contributed by atoms with E-state index in [0.29, 0.717) is 22.7 Å². The van der Waals surface area contributed by atoms with Crippen LogP contribution in [0.15, 0.2) is 53.3 Å². The number of piperazine rings is 1. The largest absolute Gasteiger partial charge is 0.416 e. The molecule has 2 aromatic heterocycles. The number of aliphatic hydroxyl groups excluding tert-OH is 1. The number of hydrogen-bond donors (Lipinski definition) is 2. The Morgan fingerprint density at radius 1 is 1.07 bits per heavy atom. The fraction of sp³-hybridized carbons (Fsp3) is 0.292. The minimum Gasteiger partial charge on any atom is -0.382 e. The predicted octanol–water partition coefficient (Wildman–Crippen LogP) is 1.99. The van der Waals surface area contributed by atoms with Crippen LogP contribution in [0.2, 0.25) is 5.02 Å². The van der Waals surface area contributed by atoms with Crippen molar-refractivity contribution in [1.82, 2.24) is 34.4 Å². The number of carbonyl (C=O) groups excluding carboxylic acids is 1. The van der Waals surface area contributed by atoms with E-state index in [2.05, 4.69) is 20.5 Å². The molecule has 1 fully saturated rings. The van der Waals surface area contributed by atoms with Gasteiger partial charge in [-0.2, -0.15) is 22.8 Å². The highest BCUT2D eigenvalue weighted by atomic mass is 35.5. The van der Waals surface area contributed by atoms with E-state index in [-0.39, 0.29) is 41.3 Å². The SMILES string of the molecule is O=C1CN(c2nc(Cn3nc(-c4ccc(Cl)cc4)n(C[C@H](O)C(F)(F)F)c3=O)nn2-c2ccccc2F)CCN1. The van der Waals surface area contributed by atoms with Gasteiger partial charge in [-0.1, -0.05) is 23.7 Å². The Kier molecular flexibility index (Phi) is 7.33. The molecule has 0 unspecified atom stereocenters. The van der Waals surface area contributed by atoms with Crippen LogP contribution in [0.25, 0.3) is 17.1 Å². The number of anilines is 1. The highest BCUT2D eigenvalue weighted by Gasteiger charge is 2.39. The standard InChI is InChI=1S/C24H21ClF4N8O3/c25-15-7-5-14(6-8-15)21-33-36(23(40)35(21)11-18(38)24(27,28)29)12-19-31-22(34-10-9-30-20(39)13-34)37(32-19)17-4-2-1-3-16(17)26/h1-8,18,38H,9-13H2,(H,30,39)/t18-/m0/s1. The van der Waals surface area contributed by atoms with E-state index in [1.165, 1.54) is 47.1 Å². The first kappa shape index (κ1) is 27.3. The lowest BCUT2D eigenvalue weighted by molar-refractivity contribution is -0.207. The number of nitrogens with one attached hydrogen (secondary N) is 1. The van der Waals surface area contributed by atoms with E-state index in [4.69, 9.17) is 11.6 Å². The summed E-state index contributed by atoms with van der Waals surface area (Å²) >= 11 is 5.92. The van der Waals surface area contributed by atoms with Crippen molar-refractivity contribution in [3.05, 3.63) is 75.7 Å². The zero-order valence-electron chi connectivity index (χ0n) is 20.5. The number of benzene rings is 2. The number of halogens is 5. The van der Waals surface area contributed by atoms with Crippen molar-refractivity contribution in [2.45, 2.75) is 25.4 Å². The minimum atomic E-state index is -4.98. The first-order valence-electron chi connectivity index (χ1n) is 11.9. The smallest absolute Gasteiger partial charge is 0.382 e. The van der Waals surface area contributed by atoms with Crippen LogP contribution >= 0.6 is 11.6 Å². The number of aliphatic hydroxyl groups is 1. The molecule has 0 saturated carbocycles. The van der Waals surface area contributed by atoms with E-state index in [1.807, 2.05) is 0 Å². The van der Waals surface area contributed by atoms with Crippen LogP contribution in [0, 0.1) is 5.82 Å². The summed E-state index contributed by atoms with van der Waals surface area (Å²) in [6, 6.07) is 11.6. The molecule has 1 aliphatic rings. The lowest BCUT2D eigenvalue weighted by Gasteiger charge is -2.27. The Bertz CT molecular complexity index is 1600. The third-order valence-corrected chi connectivity index (χ3v) is 6.34. The molecule has 16 heteroatoms. The fourth-order valence-corrected chi connectivity index (χ4v) is 4.27. The Labute approximate surface area is 228 Å². The highest BCUT2D eigenvalue weighted by molar-refractivity contribution is 6.30. The lowest BCUT2D eigenvalue weighted by Crippen LogP contribution is -2.48. The van der Waals surface area contributed by atoms with Crippen molar-refractivity contribution < 1.29 is 27.5 Å². The molecule has 0 radical (unpaired) electrons. The number of para-hydroxylation sites is 1. The zero-order valence-corrected chi connectivity index (χ0v) is 21.3. The number of amides is 1. The third kappa shape index (κ3) is 5.56. The summed E-state index contributed by atoms with van der Waals surface area (Å²) in [5.41, 5.74) is -0.649. The van der Waals surface area contributed by atoms with E-state index in [0.717, 1.165) is 4.68 Å². The molecule has 210 valence electrons. The molecule has 1 saturated heterocycles. The van der Waals surface area contributed by atoms with Gasteiger partial charge in [0.2, 0.25) is 11.9 Å². The van der Waals surface area contributed by atoms with Crippen molar-refractivity contribution in [3.8, 4) is 17.1 Å². The average Bonchev–Trinajstić information content (AvgIpc) is 3.46. The Balaban J connectivity index is 1.57. The van der Waals surface area contributed by atoms with Gasteiger partial charge in [-0.3, -0.25) is 9.36 Å². The van der Waals surface area contributed by atoms with Gasteiger partial charge in [-0.25, -0.2) is 13.9 Å². The van der Waals surface area contributed by atoms with Crippen LogP contribution in [-0.4, -0.2) is 72.0 Å². The van der Waals surface area contributed by atoms with Gasteiger partial charge >= 0.3 is 11.9 Å². The molecule has 0 bridgehead atoms. The van der Waals surface area contributed by atoms with E-state index in [1.54, 1.807) is 11.0 Å². The van der Waals surface area contributed by atoms with Gasteiger partial charge in [0, 0.05) is 23.7 Å². The van der Waals surface area contributed by atoms with Gasteiger partial charge in [0.25, 0.3) is 0 Å². The quantitative estimate of drug-likeness (QED) is 0.321.